The Kier molecular flexibility index (Phi) is 3.46. The van der Waals surface area contributed by atoms with Gasteiger partial charge in [0.1, 0.15) is 0 Å². The Morgan fingerprint density at radius 3 is 2.79 bits per heavy atom. The van der Waals surface area contributed by atoms with Crippen LogP contribution in [0.2, 0.25) is 0 Å². The topological polar surface area (TPSA) is 81.4 Å². The molecular formula is C9H16N2O3. The van der Waals surface area contributed by atoms with E-state index in [4.69, 9.17) is 10.5 Å². The molecule has 1 amide bonds. The largest absolute Gasteiger partial charge is 0.466 e. The molecule has 1 rings (SSSR count). The molecule has 1 saturated heterocycles. The molecule has 0 radical (unpaired) electrons. The summed E-state index contributed by atoms with van der Waals surface area (Å²) in [5.74, 6) is -0.439. The molecule has 5 nitrogen and oxygen atoms in total. The number of esters is 1. The van der Waals surface area contributed by atoms with E-state index < -0.39 is 0 Å². The highest BCUT2D eigenvalue weighted by molar-refractivity contribution is 5.86. The van der Waals surface area contributed by atoms with Gasteiger partial charge in [0.15, 0.2) is 0 Å². The number of hydrogen-bond acceptors (Lipinski definition) is 4. The maximum atomic E-state index is 11.1. The Morgan fingerprint density at radius 1 is 1.71 bits per heavy atom. The third kappa shape index (κ3) is 2.45. The summed E-state index contributed by atoms with van der Waals surface area (Å²) in [4.78, 5) is 21.6. The number of carbonyl (C=O) groups excluding carboxylic acids is 2. The predicted octanol–water partition coefficient (Wildman–Crippen LogP) is -0.599. The van der Waals surface area contributed by atoms with Crippen LogP contribution < -0.4 is 11.1 Å². The molecule has 3 N–H and O–H groups in total. The Morgan fingerprint density at radius 2 is 2.36 bits per heavy atom. The monoisotopic (exact) mass is 200 g/mol. The maximum Gasteiger partial charge on any atom is 0.302 e. The third-order valence-electron chi connectivity index (χ3n) is 2.36. The lowest BCUT2D eigenvalue weighted by molar-refractivity contribution is -0.142. The first-order chi connectivity index (χ1) is 6.52. The van der Waals surface area contributed by atoms with E-state index in [-0.39, 0.29) is 29.9 Å². The Balaban J connectivity index is 2.26. The molecule has 1 unspecified atom stereocenters. The zero-order valence-corrected chi connectivity index (χ0v) is 8.45. The molecule has 0 bridgehead atoms. The van der Waals surface area contributed by atoms with Crippen LogP contribution in [-0.2, 0) is 14.3 Å². The number of amides is 1. The molecule has 1 heterocycles. The van der Waals surface area contributed by atoms with Gasteiger partial charge in [-0.25, -0.2) is 0 Å². The number of β-lactam (4-membered cyclic amide) rings is 1. The van der Waals surface area contributed by atoms with Gasteiger partial charge in [-0.2, -0.15) is 0 Å². The van der Waals surface area contributed by atoms with Crippen LogP contribution >= 0.6 is 0 Å². The van der Waals surface area contributed by atoms with Gasteiger partial charge in [0.05, 0.1) is 12.5 Å². The van der Waals surface area contributed by atoms with Crippen molar-refractivity contribution in [2.24, 2.45) is 11.7 Å². The number of hydrogen-bond donors (Lipinski definition) is 2. The Hall–Kier alpha value is -1.10. The molecular weight excluding hydrogens is 184 g/mol. The third-order valence-corrected chi connectivity index (χ3v) is 2.36. The fraction of sp³-hybridized carbons (Fsp3) is 0.778. The van der Waals surface area contributed by atoms with Crippen LogP contribution in [0.1, 0.15) is 20.3 Å². The van der Waals surface area contributed by atoms with Crippen molar-refractivity contribution in [2.45, 2.75) is 32.4 Å². The van der Waals surface area contributed by atoms with Crippen molar-refractivity contribution >= 4 is 11.9 Å². The zero-order chi connectivity index (χ0) is 10.7. The van der Waals surface area contributed by atoms with Crippen LogP contribution in [0.25, 0.3) is 0 Å². The highest BCUT2D eigenvalue weighted by atomic mass is 16.5. The average Bonchev–Trinajstić information content (AvgIpc) is 2.00. The molecule has 3 atom stereocenters. The molecule has 0 aromatic heterocycles. The van der Waals surface area contributed by atoms with Crippen LogP contribution in [0, 0.1) is 5.92 Å². The minimum atomic E-state index is -0.298. The minimum Gasteiger partial charge on any atom is -0.466 e. The number of nitrogens with one attached hydrogen (secondary N) is 1. The second kappa shape index (κ2) is 4.41. The lowest BCUT2D eigenvalue weighted by atomic mass is 9.83. The predicted molar refractivity (Wildman–Crippen MR) is 50.3 cm³/mol. The van der Waals surface area contributed by atoms with Gasteiger partial charge in [-0.3, -0.25) is 9.59 Å². The molecule has 0 aliphatic carbocycles. The second-order valence-electron chi connectivity index (χ2n) is 3.63. The SMILES string of the molecule is CC(=O)OCC[C@H]1NC(=O)[C@@H]1C(C)N. The average molecular weight is 200 g/mol. The van der Waals surface area contributed by atoms with Gasteiger partial charge in [-0.05, 0) is 6.92 Å². The smallest absolute Gasteiger partial charge is 0.302 e. The van der Waals surface area contributed by atoms with Crippen molar-refractivity contribution in [1.29, 1.82) is 0 Å². The van der Waals surface area contributed by atoms with Gasteiger partial charge in [-0.15, -0.1) is 0 Å². The summed E-state index contributed by atoms with van der Waals surface area (Å²) in [6.45, 7) is 3.51. The zero-order valence-electron chi connectivity index (χ0n) is 8.45. The molecule has 14 heavy (non-hydrogen) atoms. The van der Waals surface area contributed by atoms with Crippen molar-refractivity contribution in [2.75, 3.05) is 6.61 Å². The molecule has 1 aliphatic rings. The van der Waals surface area contributed by atoms with Crippen LogP contribution in [0.3, 0.4) is 0 Å². The Bertz CT molecular complexity index is 240. The van der Waals surface area contributed by atoms with Gasteiger partial charge in [-0.1, -0.05) is 0 Å². The van der Waals surface area contributed by atoms with E-state index in [1.165, 1.54) is 6.92 Å². The highest BCUT2D eigenvalue weighted by Gasteiger charge is 2.41. The number of ether oxygens (including phenoxy) is 1. The van der Waals surface area contributed by atoms with E-state index >= 15 is 0 Å². The molecule has 0 aromatic rings. The van der Waals surface area contributed by atoms with Gasteiger partial charge >= 0.3 is 5.97 Å². The van der Waals surface area contributed by atoms with Crippen molar-refractivity contribution in [3.8, 4) is 0 Å². The van der Waals surface area contributed by atoms with E-state index in [0.29, 0.717) is 13.0 Å². The van der Waals surface area contributed by atoms with Gasteiger partial charge in [0.2, 0.25) is 5.91 Å². The van der Waals surface area contributed by atoms with Crippen LogP contribution in [0.4, 0.5) is 0 Å². The minimum absolute atomic E-state index is 0.00664. The summed E-state index contributed by atoms with van der Waals surface area (Å²) in [6.07, 6.45) is 0.636. The number of rotatable bonds is 4. The molecule has 0 aromatic carbocycles. The Labute approximate surface area is 83.0 Å². The van der Waals surface area contributed by atoms with Crippen molar-refractivity contribution in [3.05, 3.63) is 0 Å². The first-order valence-corrected chi connectivity index (χ1v) is 4.71. The quantitative estimate of drug-likeness (QED) is 0.469. The van der Waals surface area contributed by atoms with Crippen LogP contribution in [0.5, 0.6) is 0 Å². The summed E-state index contributed by atoms with van der Waals surface area (Å²) in [5, 5.41) is 2.74. The summed E-state index contributed by atoms with van der Waals surface area (Å²) < 4.78 is 4.78. The fourth-order valence-corrected chi connectivity index (χ4v) is 1.64. The molecule has 1 aliphatic heterocycles. The second-order valence-corrected chi connectivity index (χ2v) is 3.63. The van der Waals surface area contributed by atoms with Gasteiger partial charge < -0.3 is 15.8 Å². The highest BCUT2D eigenvalue weighted by Crippen LogP contribution is 2.20. The molecule has 0 spiro atoms. The molecule has 1 fully saturated rings. The van der Waals surface area contributed by atoms with E-state index in [1.807, 2.05) is 6.92 Å². The molecule has 0 saturated carbocycles. The van der Waals surface area contributed by atoms with E-state index in [2.05, 4.69) is 5.32 Å². The lowest BCUT2D eigenvalue weighted by Crippen LogP contribution is -2.63. The fourth-order valence-electron chi connectivity index (χ4n) is 1.64. The van der Waals surface area contributed by atoms with E-state index in [0.717, 1.165) is 0 Å². The molecule has 80 valence electrons. The van der Waals surface area contributed by atoms with Crippen molar-refractivity contribution < 1.29 is 14.3 Å². The summed E-state index contributed by atoms with van der Waals surface area (Å²) >= 11 is 0. The maximum absolute atomic E-state index is 11.1. The first kappa shape index (κ1) is 11.0. The molecule has 5 heteroatoms. The van der Waals surface area contributed by atoms with Gasteiger partial charge in [0, 0.05) is 25.4 Å². The standard InChI is InChI=1S/C9H16N2O3/c1-5(10)8-7(11-9(8)13)3-4-14-6(2)12/h5,7-8H,3-4,10H2,1-2H3,(H,11,13)/t5?,7-,8-/m1/s1. The van der Waals surface area contributed by atoms with Crippen molar-refractivity contribution in [1.82, 2.24) is 5.32 Å². The van der Waals surface area contributed by atoms with Crippen molar-refractivity contribution in [3.63, 3.8) is 0 Å². The lowest BCUT2D eigenvalue weighted by Gasteiger charge is -2.38. The summed E-state index contributed by atoms with van der Waals surface area (Å²) in [6, 6.07) is -0.0899. The van der Waals surface area contributed by atoms with Crippen LogP contribution in [0.15, 0.2) is 0 Å². The van der Waals surface area contributed by atoms with E-state index in [9.17, 15) is 9.59 Å². The number of nitrogens with two attached hydrogens (primary N) is 1. The first-order valence-electron chi connectivity index (χ1n) is 4.71. The van der Waals surface area contributed by atoms with Crippen LogP contribution in [-0.4, -0.2) is 30.6 Å². The normalized spacial score (nSPS) is 27.5. The van der Waals surface area contributed by atoms with Gasteiger partial charge in [0.25, 0.3) is 0 Å². The summed E-state index contributed by atoms with van der Waals surface area (Å²) in [7, 11) is 0. The van der Waals surface area contributed by atoms with E-state index in [1.54, 1.807) is 0 Å². The summed E-state index contributed by atoms with van der Waals surface area (Å²) in [5.41, 5.74) is 5.64. The number of carbonyl (C=O) groups is 2.